The molecule has 1 aromatic carbocycles. The van der Waals surface area contributed by atoms with Gasteiger partial charge in [0.05, 0.1) is 10.5 Å². The Morgan fingerprint density at radius 2 is 1.53 bits per heavy atom. The fourth-order valence-electron chi connectivity index (χ4n) is 3.93. The quantitative estimate of drug-likeness (QED) is 0.509. The van der Waals surface area contributed by atoms with E-state index >= 15 is 0 Å². The smallest absolute Gasteiger partial charge is 0.282 e. The highest BCUT2D eigenvalue weighted by Crippen LogP contribution is 2.26. The van der Waals surface area contributed by atoms with Crippen LogP contribution < -0.4 is 4.90 Å². The molecule has 0 atom stereocenters. The molecule has 0 aliphatic carbocycles. The molecule has 2 saturated heterocycles. The van der Waals surface area contributed by atoms with Gasteiger partial charge in [-0.1, -0.05) is 12.8 Å². The van der Waals surface area contributed by atoms with Gasteiger partial charge in [-0.2, -0.15) is 17.0 Å². The van der Waals surface area contributed by atoms with Crippen LogP contribution in [0.4, 0.5) is 11.4 Å². The van der Waals surface area contributed by atoms with E-state index in [-0.39, 0.29) is 43.3 Å². The fraction of sp³-hybridized carbons (Fsp3) is 0.632. The van der Waals surface area contributed by atoms with Crippen LogP contribution in [0.15, 0.2) is 18.2 Å². The molecule has 2 fully saturated rings. The van der Waals surface area contributed by atoms with Crippen LogP contribution >= 0.6 is 0 Å². The number of nitrogens with zero attached hydrogens (tertiary/aromatic N) is 5. The molecular weight excluding hydrogens is 410 g/mol. The molecule has 2 aliphatic heterocycles. The third-order valence-electron chi connectivity index (χ3n) is 5.65. The molecule has 0 radical (unpaired) electrons. The van der Waals surface area contributed by atoms with Crippen molar-refractivity contribution in [2.45, 2.75) is 25.7 Å². The van der Waals surface area contributed by atoms with Crippen molar-refractivity contribution in [2.24, 2.45) is 0 Å². The van der Waals surface area contributed by atoms with Gasteiger partial charge in [-0.25, -0.2) is 0 Å². The molecule has 0 bridgehead atoms. The molecule has 1 aromatic rings. The minimum atomic E-state index is -3.53. The average Bonchev–Trinajstić information content (AvgIpc) is 3.03. The van der Waals surface area contributed by atoms with Crippen LogP contribution in [0.25, 0.3) is 0 Å². The van der Waals surface area contributed by atoms with E-state index in [0.29, 0.717) is 18.8 Å². The van der Waals surface area contributed by atoms with E-state index in [0.717, 1.165) is 25.7 Å². The molecule has 3 rings (SSSR count). The van der Waals surface area contributed by atoms with Gasteiger partial charge in [0.15, 0.2) is 0 Å². The molecular formula is C19H29N5O5S. The maximum atomic E-state index is 13.1. The number of hydrogen-bond donors (Lipinski definition) is 0. The highest BCUT2D eigenvalue weighted by Gasteiger charge is 2.34. The van der Waals surface area contributed by atoms with Crippen molar-refractivity contribution in [2.75, 3.05) is 58.3 Å². The third kappa shape index (κ3) is 4.73. The van der Waals surface area contributed by atoms with Crippen LogP contribution in [-0.4, -0.2) is 86.1 Å². The molecule has 30 heavy (non-hydrogen) atoms. The van der Waals surface area contributed by atoms with E-state index in [9.17, 15) is 23.3 Å². The van der Waals surface area contributed by atoms with Crippen molar-refractivity contribution in [3.8, 4) is 0 Å². The topological polar surface area (TPSA) is 107 Å². The second kappa shape index (κ2) is 9.27. The van der Waals surface area contributed by atoms with Gasteiger partial charge >= 0.3 is 0 Å². The standard InChI is InChI=1S/C19H29N5O5S/c1-20(2)18-8-7-16(24(26)27)15-17(18)19(25)21-11-13-23(14-12-21)30(28,29)22-9-5-3-4-6-10-22/h7-8,15H,3-6,9-14H2,1-2H3. The number of carbonyl (C=O) groups excluding carboxylic acids is 1. The third-order valence-corrected chi connectivity index (χ3v) is 7.68. The van der Waals surface area contributed by atoms with Gasteiger partial charge < -0.3 is 9.80 Å². The Labute approximate surface area is 177 Å². The van der Waals surface area contributed by atoms with Crippen molar-refractivity contribution in [1.82, 2.24) is 13.5 Å². The predicted molar refractivity (Wildman–Crippen MR) is 114 cm³/mol. The zero-order valence-corrected chi connectivity index (χ0v) is 18.3. The number of nitro benzene ring substituents is 1. The van der Waals surface area contributed by atoms with Crippen LogP contribution in [0.2, 0.25) is 0 Å². The van der Waals surface area contributed by atoms with Crippen molar-refractivity contribution in [3.63, 3.8) is 0 Å². The summed E-state index contributed by atoms with van der Waals surface area (Å²) in [5, 5.41) is 11.2. The van der Waals surface area contributed by atoms with Crippen LogP contribution in [0.5, 0.6) is 0 Å². The molecule has 2 aliphatic rings. The number of anilines is 1. The summed E-state index contributed by atoms with van der Waals surface area (Å²) in [7, 11) is 0.00443. The number of benzene rings is 1. The lowest BCUT2D eigenvalue weighted by Gasteiger charge is -2.36. The number of nitro groups is 1. The van der Waals surface area contributed by atoms with Crippen LogP contribution in [0.3, 0.4) is 0 Å². The van der Waals surface area contributed by atoms with E-state index in [2.05, 4.69) is 0 Å². The lowest BCUT2D eigenvalue weighted by molar-refractivity contribution is -0.384. The second-order valence-corrected chi connectivity index (χ2v) is 9.79. The lowest BCUT2D eigenvalue weighted by Crippen LogP contribution is -2.54. The van der Waals surface area contributed by atoms with Gasteiger partial charge in [0, 0.05) is 71.2 Å². The molecule has 0 aromatic heterocycles. The summed E-state index contributed by atoms with van der Waals surface area (Å²) in [6.45, 7) is 2.03. The molecule has 166 valence electrons. The van der Waals surface area contributed by atoms with Crippen molar-refractivity contribution in [3.05, 3.63) is 33.9 Å². The van der Waals surface area contributed by atoms with E-state index in [1.807, 2.05) is 0 Å². The first kappa shape index (κ1) is 22.4. The van der Waals surface area contributed by atoms with E-state index in [4.69, 9.17) is 0 Å². The first-order valence-electron chi connectivity index (χ1n) is 10.2. The van der Waals surface area contributed by atoms with E-state index in [1.54, 1.807) is 34.3 Å². The number of carbonyl (C=O) groups is 1. The van der Waals surface area contributed by atoms with Crippen LogP contribution in [0, 0.1) is 10.1 Å². The number of hydrogen-bond acceptors (Lipinski definition) is 6. The molecule has 10 nitrogen and oxygen atoms in total. The van der Waals surface area contributed by atoms with Crippen LogP contribution in [0.1, 0.15) is 36.0 Å². The van der Waals surface area contributed by atoms with Gasteiger partial charge in [-0.3, -0.25) is 14.9 Å². The normalized spacial score (nSPS) is 19.3. The Morgan fingerprint density at radius 1 is 0.967 bits per heavy atom. The summed E-state index contributed by atoms with van der Waals surface area (Å²) in [4.78, 5) is 27.0. The Morgan fingerprint density at radius 3 is 2.07 bits per heavy atom. The Balaban J connectivity index is 1.72. The summed E-state index contributed by atoms with van der Waals surface area (Å²) >= 11 is 0. The molecule has 0 saturated carbocycles. The molecule has 11 heteroatoms. The maximum absolute atomic E-state index is 13.1. The first-order valence-corrected chi connectivity index (χ1v) is 11.6. The Hall–Kier alpha value is -2.24. The highest BCUT2D eigenvalue weighted by molar-refractivity contribution is 7.86. The minimum absolute atomic E-state index is 0.147. The molecule has 0 unspecified atom stereocenters. The number of rotatable bonds is 5. The predicted octanol–water partition coefficient (Wildman–Crippen LogP) is 1.54. The molecule has 0 N–H and O–H groups in total. The van der Waals surface area contributed by atoms with Crippen molar-refractivity contribution in [1.29, 1.82) is 0 Å². The first-order chi connectivity index (χ1) is 14.2. The van der Waals surface area contributed by atoms with Gasteiger partial charge in [0.25, 0.3) is 21.8 Å². The van der Waals surface area contributed by atoms with Gasteiger partial charge in [0.1, 0.15) is 0 Å². The Bertz CT molecular complexity index is 889. The summed E-state index contributed by atoms with van der Waals surface area (Å²) in [5.41, 5.74) is 0.689. The molecule has 0 spiro atoms. The monoisotopic (exact) mass is 439 g/mol. The SMILES string of the molecule is CN(C)c1ccc([N+](=O)[O-])cc1C(=O)N1CCN(S(=O)(=O)N2CCCCCC2)CC1. The van der Waals surface area contributed by atoms with Crippen molar-refractivity contribution >= 4 is 27.5 Å². The number of piperazine rings is 1. The molecule has 2 heterocycles. The van der Waals surface area contributed by atoms with Gasteiger partial charge in [-0.15, -0.1) is 0 Å². The highest BCUT2D eigenvalue weighted by atomic mass is 32.2. The Kier molecular flexibility index (Phi) is 6.94. The lowest BCUT2D eigenvalue weighted by atomic mass is 10.1. The van der Waals surface area contributed by atoms with E-state index < -0.39 is 15.1 Å². The van der Waals surface area contributed by atoms with E-state index in [1.165, 1.54) is 16.4 Å². The fourth-order valence-corrected chi connectivity index (χ4v) is 5.60. The van der Waals surface area contributed by atoms with Crippen molar-refractivity contribution < 1.29 is 18.1 Å². The second-order valence-electron chi connectivity index (χ2n) is 7.87. The maximum Gasteiger partial charge on any atom is 0.282 e. The van der Waals surface area contributed by atoms with Gasteiger partial charge in [0.2, 0.25) is 0 Å². The average molecular weight is 440 g/mol. The zero-order chi connectivity index (χ0) is 21.9. The largest absolute Gasteiger partial charge is 0.377 e. The summed E-state index contributed by atoms with van der Waals surface area (Å²) in [6.07, 6.45) is 3.84. The van der Waals surface area contributed by atoms with Gasteiger partial charge in [-0.05, 0) is 18.9 Å². The summed E-state index contributed by atoms with van der Waals surface area (Å²) in [5.74, 6) is -0.325. The zero-order valence-electron chi connectivity index (χ0n) is 17.5. The van der Waals surface area contributed by atoms with Crippen LogP contribution in [-0.2, 0) is 10.2 Å². The summed E-state index contributed by atoms with van der Waals surface area (Å²) < 4.78 is 28.9. The summed E-state index contributed by atoms with van der Waals surface area (Å²) in [6, 6.07) is 4.22. The number of non-ortho nitro benzene ring substituents is 1. The molecule has 1 amide bonds. The number of amides is 1. The minimum Gasteiger partial charge on any atom is -0.377 e.